The van der Waals surface area contributed by atoms with E-state index in [2.05, 4.69) is 0 Å². The highest BCUT2D eigenvalue weighted by molar-refractivity contribution is 7.87. The molecular weight excluding hydrogens is 232 g/mol. The summed E-state index contributed by atoms with van der Waals surface area (Å²) in [5, 5.41) is 6.89. The summed E-state index contributed by atoms with van der Waals surface area (Å²) >= 11 is 0. The van der Waals surface area contributed by atoms with Crippen LogP contribution in [0.1, 0.15) is 12.0 Å². The lowest BCUT2D eigenvalue weighted by Crippen LogP contribution is -2.30. The van der Waals surface area contributed by atoms with Crippen molar-refractivity contribution in [3.63, 3.8) is 0 Å². The van der Waals surface area contributed by atoms with Crippen molar-refractivity contribution in [2.75, 3.05) is 0 Å². The fraction of sp³-hybridized carbons (Fsp3) is 0.300. The molecule has 1 rings (SSSR count). The molecule has 1 unspecified atom stereocenters. The summed E-state index contributed by atoms with van der Waals surface area (Å²) in [6.45, 7) is 0. The fourth-order valence-corrected chi connectivity index (χ4v) is 2.01. The number of hydrogen-bond acceptors (Lipinski definition) is 3. The molecule has 0 radical (unpaired) electrons. The quantitative estimate of drug-likeness (QED) is 0.753. The van der Waals surface area contributed by atoms with Crippen molar-refractivity contribution in [1.82, 2.24) is 0 Å². The normalized spacial score (nSPS) is 13.3. The highest BCUT2D eigenvalue weighted by atomic mass is 32.2. The number of aliphatic carboxylic acids is 1. The molecule has 0 bridgehead atoms. The van der Waals surface area contributed by atoms with Crippen LogP contribution in [0.4, 0.5) is 0 Å². The van der Waals surface area contributed by atoms with Crippen LogP contribution in [0.3, 0.4) is 0 Å². The largest absolute Gasteiger partial charge is 0.480 e. The van der Waals surface area contributed by atoms with Crippen LogP contribution in [-0.2, 0) is 21.3 Å². The first-order chi connectivity index (χ1) is 7.41. The van der Waals surface area contributed by atoms with Gasteiger partial charge in [0.2, 0.25) is 0 Å². The molecule has 5 nitrogen and oxygen atoms in total. The Kier molecular flexibility index (Phi) is 4.03. The van der Waals surface area contributed by atoms with Crippen molar-refractivity contribution in [3.8, 4) is 0 Å². The first kappa shape index (κ1) is 12.7. The standard InChI is InChI=1S/C10H12O5S/c11-10(12)9(16(13,14)15)7-6-8-4-2-1-3-5-8/h1-5,9H,6-7H2,(H,11,12)(H,13,14,15). The van der Waals surface area contributed by atoms with Crippen LogP contribution in [0.2, 0.25) is 0 Å². The summed E-state index contributed by atoms with van der Waals surface area (Å²) in [5.74, 6) is -1.53. The molecule has 0 saturated carbocycles. The minimum absolute atomic E-state index is 0.141. The Balaban J connectivity index is 2.69. The number of rotatable bonds is 5. The highest BCUT2D eigenvalue weighted by Crippen LogP contribution is 2.10. The predicted octanol–water partition coefficient (Wildman–Crippen LogP) is 0.960. The van der Waals surface area contributed by atoms with Gasteiger partial charge in [0, 0.05) is 0 Å². The average Bonchev–Trinajstić information content (AvgIpc) is 2.17. The topological polar surface area (TPSA) is 91.7 Å². The lowest BCUT2D eigenvalue weighted by molar-refractivity contribution is -0.136. The zero-order chi connectivity index (χ0) is 12.2. The molecule has 16 heavy (non-hydrogen) atoms. The second-order valence-electron chi connectivity index (χ2n) is 3.37. The van der Waals surface area contributed by atoms with E-state index >= 15 is 0 Å². The first-order valence-corrected chi connectivity index (χ1v) is 6.14. The van der Waals surface area contributed by atoms with Crippen molar-refractivity contribution >= 4 is 16.1 Å². The summed E-state index contributed by atoms with van der Waals surface area (Å²) in [7, 11) is -4.53. The lowest BCUT2D eigenvalue weighted by Gasteiger charge is -2.08. The third kappa shape index (κ3) is 3.63. The van der Waals surface area contributed by atoms with Gasteiger partial charge in [0.25, 0.3) is 10.1 Å². The maximum atomic E-state index is 10.8. The first-order valence-electron chi connectivity index (χ1n) is 4.64. The molecule has 0 saturated heterocycles. The van der Waals surface area contributed by atoms with Crippen molar-refractivity contribution in [1.29, 1.82) is 0 Å². The van der Waals surface area contributed by atoms with Crippen LogP contribution in [-0.4, -0.2) is 29.3 Å². The van der Waals surface area contributed by atoms with E-state index < -0.39 is 21.3 Å². The third-order valence-electron chi connectivity index (χ3n) is 2.17. The summed E-state index contributed by atoms with van der Waals surface area (Å²) in [6.07, 6.45) is 0.149. The zero-order valence-electron chi connectivity index (χ0n) is 8.41. The van der Waals surface area contributed by atoms with Crippen LogP contribution in [0.15, 0.2) is 30.3 Å². The monoisotopic (exact) mass is 244 g/mol. The Morgan fingerprint density at radius 1 is 1.25 bits per heavy atom. The van der Waals surface area contributed by atoms with E-state index in [1.165, 1.54) is 0 Å². The molecule has 6 heteroatoms. The Labute approximate surface area is 93.5 Å². The molecule has 1 aromatic rings. The van der Waals surface area contributed by atoms with Gasteiger partial charge in [0.05, 0.1) is 0 Å². The molecule has 1 aromatic carbocycles. The fourth-order valence-electron chi connectivity index (χ4n) is 1.34. The molecule has 0 aliphatic carbocycles. The number of aryl methyl sites for hydroxylation is 1. The summed E-state index contributed by atoms with van der Waals surface area (Å²) < 4.78 is 30.3. The maximum absolute atomic E-state index is 10.8. The van der Waals surface area contributed by atoms with Gasteiger partial charge >= 0.3 is 5.97 Å². The Morgan fingerprint density at radius 2 is 1.81 bits per heavy atom. The van der Waals surface area contributed by atoms with Crippen molar-refractivity contribution < 1.29 is 22.9 Å². The van der Waals surface area contributed by atoms with E-state index in [1.807, 2.05) is 0 Å². The van der Waals surface area contributed by atoms with Crippen LogP contribution in [0.25, 0.3) is 0 Å². The molecule has 0 aliphatic heterocycles. The molecule has 2 N–H and O–H groups in total. The number of hydrogen-bond donors (Lipinski definition) is 2. The van der Waals surface area contributed by atoms with E-state index in [0.717, 1.165) is 5.56 Å². The average molecular weight is 244 g/mol. The SMILES string of the molecule is O=C(O)C(CCc1ccccc1)S(=O)(=O)O. The molecular formula is C10H12O5S. The number of carboxylic acid groups (broad SMARTS) is 1. The van der Waals surface area contributed by atoms with E-state index in [1.54, 1.807) is 30.3 Å². The van der Waals surface area contributed by atoms with Crippen molar-refractivity contribution in [2.45, 2.75) is 18.1 Å². The lowest BCUT2D eigenvalue weighted by atomic mass is 10.1. The number of carboxylic acids is 1. The van der Waals surface area contributed by atoms with Crippen LogP contribution < -0.4 is 0 Å². The molecule has 88 valence electrons. The van der Waals surface area contributed by atoms with E-state index in [0.29, 0.717) is 0 Å². The maximum Gasteiger partial charge on any atom is 0.324 e. The number of carbonyl (C=O) groups is 1. The summed E-state index contributed by atoms with van der Waals surface area (Å²) in [4.78, 5) is 10.6. The highest BCUT2D eigenvalue weighted by Gasteiger charge is 2.30. The van der Waals surface area contributed by atoms with E-state index in [9.17, 15) is 13.2 Å². The van der Waals surface area contributed by atoms with E-state index in [-0.39, 0.29) is 12.8 Å². The van der Waals surface area contributed by atoms with Gasteiger partial charge in [0.1, 0.15) is 0 Å². The van der Waals surface area contributed by atoms with Gasteiger partial charge < -0.3 is 5.11 Å². The van der Waals surface area contributed by atoms with Gasteiger partial charge in [-0.15, -0.1) is 0 Å². The molecule has 0 fully saturated rings. The Hall–Kier alpha value is -1.40. The second kappa shape index (κ2) is 5.09. The van der Waals surface area contributed by atoms with Crippen molar-refractivity contribution in [2.24, 2.45) is 0 Å². The minimum Gasteiger partial charge on any atom is -0.480 e. The molecule has 0 amide bonds. The van der Waals surface area contributed by atoms with Gasteiger partial charge in [-0.1, -0.05) is 30.3 Å². The van der Waals surface area contributed by atoms with Gasteiger partial charge in [-0.2, -0.15) is 8.42 Å². The Bertz CT molecular complexity index is 451. The molecule has 0 heterocycles. The second-order valence-corrected chi connectivity index (χ2v) is 4.97. The minimum atomic E-state index is -4.53. The zero-order valence-corrected chi connectivity index (χ0v) is 9.22. The van der Waals surface area contributed by atoms with Gasteiger partial charge in [-0.3, -0.25) is 9.35 Å². The number of benzene rings is 1. The summed E-state index contributed by atoms with van der Waals surface area (Å²) in [5.41, 5.74) is 0.831. The predicted molar refractivity (Wildman–Crippen MR) is 57.7 cm³/mol. The van der Waals surface area contributed by atoms with Gasteiger partial charge in [-0.25, -0.2) is 0 Å². The van der Waals surface area contributed by atoms with Gasteiger partial charge in [-0.05, 0) is 18.4 Å². The molecule has 0 spiro atoms. The molecule has 0 aliphatic rings. The van der Waals surface area contributed by atoms with Crippen LogP contribution >= 0.6 is 0 Å². The van der Waals surface area contributed by atoms with Crippen LogP contribution in [0, 0.1) is 0 Å². The molecule has 0 aromatic heterocycles. The van der Waals surface area contributed by atoms with Crippen molar-refractivity contribution in [3.05, 3.63) is 35.9 Å². The summed E-state index contributed by atoms with van der Waals surface area (Å²) in [6, 6.07) is 8.89. The van der Waals surface area contributed by atoms with E-state index in [4.69, 9.17) is 9.66 Å². The van der Waals surface area contributed by atoms with Crippen LogP contribution in [0.5, 0.6) is 0 Å². The third-order valence-corrected chi connectivity index (χ3v) is 3.33. The molecule has 1 atom stereocenters. The van der Waals surface area contributed by atoms with Gasteiger partial charge in [0.15, 0.2) is 5.25 Å². The smallest absolute Gasteiger partial charge is 0.324 e. The Morgan fingerprint density at radius 3 is 2.25 bits per heavy atom.